The Kier molecular flexibility index (Phi) is 8.09. The van der Waals surface area contributed by atoms with E-state index >= 15 is 0 Å². The molecule has 0 aromatic carbocycles. The van der Waals surface area contributed by atoms with E-state index < -0.39 is 6.36 Å². The molecule has 0 amide bonds. The zero-order valence-corrected chi connectivity index (χ0v) is 13.3. The average Bonchev–Trinajstić information content (AvgIpc) is 2.41. The van der Waals surface area contributed by atoms with E-state index in [2.05, 4.69) is 17.9 Å². The van der Waals surface area contributed by atoms with Crippen molar-refractivity contribution in [3.05, 3.63) is 72.0 Å². The molecule has 0 radical (unpaired) electrons. The molecule has 0 rings (SSSR count). The third kappa shape index (κ3) is 8.89. The van der Waals surface area contributed by atoms with E-state index in [0.717, 1.165) is 11.6 Å². The van der Waals surface area contributed by atoms with Crippen molar-refractivity contribution in [3.8, 4) is 0 Å². The maximum atomic E-state index is 12.4. The van der Waals surface area contributed by atoms with Crippen molar-refractivity contribution in [3.63, 3.8) is 0 Å². The number of halogens is 3. The van der Waals surface area contributed by atoms with Crippen molar-refractivity contribution in [2.24, 2.45) is 0 Å². The molecule has 0 fully saturated rings. The van der Waals surface area contributed by atoms with Crippen LogP contribution < -0.4 is 0 Å². The molecule has 0 aliphatic carbocycles. The van der Waals surface area contributed by atoms with Crippen LogP contribution in [0.25, 0.3) is 0 Å². The zero-order chi connectivity index (χ0) is 17.3. The van der Waals surface area contributed by atoms with Gasteiger partial charge in [0.2, 0.25) is 0 Å². The van der Waals surface area contributed by atoms with Crippen LogP contribution in [0.3, 0.4) is 0 Å². The molecule has 0 saturated heterocycles. The van der Waals surface area contributed by atoms with E-state index in [0.29, 0.717) is 11.3 Å². The van der Waals surface area contributed by atoms with Gasteiger partial charge in [-0.05, 0) is 45.4 Å². The normalized spacial score (nSPS) is 13.5. The van der Waals surface area contributed by atoms with Gasteiger partial charge in [0.25, 0.3) is 0 Å². The van der Waals surface area contributed by atoms with Gasteiger partial charge >= 0.3 is 6.36 Å². The largest absolute Gasteiger partial charge is 0.573 e. The van der Waals surface area contributed by atoms with E-state index in [9.17, 15) is 13.2 Å². The van der Waals surface area contributed by atoms with Gasteiger partial charge in [-0.15, -0.1) is 13.2 Å². The van der Waals surface area contributed by atoms with E-state index in [1.807, 2.05) is 6.92 Å². The van der Waals surface area contributed by atoms with Crippen LogP contribution in [-0.2, 0) is 9.47 Å². The molecule has 0 N–H and O–H groups in total. The van der Waals surface area contributed by atoms with Gasteiger partial charge in [-0.2, -0.15) is 0 Å². The Morgan fingerprint density at radius 1 is 0.955 bits per heavy atom. The number of rotatable bonds is 7. The van der Waals surface area contributed by atoms with E-state index in [4.69, 9.17) is 4.74 Å². The van der Waals surface area contributed by atoms with Crippen molar-refractivity contribution in [2.75, 3.05) is 0 Å². The molecule has 0 bridgehead atoms. The molecule has 0 saturated carbocycles. The maximum absolute atomic E-state index is 12.4. The summed E-state index contributed by atoms with van der Waals surface area (Å²) in [7, 11) is 0. The summed E-state index contributed by atoms with van der Waals surface area (Å²) in [5.41, 5.74) is 1.29. The summed E-state index contributed by atoms with van der Waals surface area (Å²) in [6.45, 7) is 13.7. The van der Waals surface area contributed by atoms with Gasteiger partial charge in [-0.25, -0.2) is 0 Å². The molecule has 2 nitrogen and oxygen atoms in total. The lowest BCUT2D eigenvalue weighted by Gasteiger charge is -2.13. The summed E-state index contributed by atoms with van der Waals surface area (Å²) in [6.07, 6.45) is 2.83. The summed E-state index contributed by atoms with van der Waals surface area (Å²) < 4.78 is 46.4. The lowest BCUT2D eigenvalue weighted by Crippen LogP contribution is -2.13. The molecule has 0 unspecified atom stereocenters. The molecular formula is C17H21F3O2. The lowest BCUT2D eigenvalue weighted by atomic mass is 10.2. The predicted molar refractivity (Wildman–Crippen MR) is 82.6 cm³/mol. The molecule has 22 heavy (non-hydrogen) atoms. The van der Waals surface area contributed by atoms with Gasteiger partial charge in [0.15, 0.2) is 0 Å². The van der Waals surface area contributed by atoms with Crippen LogP contribution in [0.4, 0.5) is 13.2 Å². The van der Waals surface area contributed by atoms with Gasteiger partial charge in [-0.3, -0.25) is 0 Å². The fraction of sp³-hybridized carbons (Fsp3) is 0.294. The van der Waals surface area contributed by atoms with Crippen LogP contribution in [-0.4, -0.2) is 6.36 Å². The number of ether oxygens (including phenoxy) is 2. The predicted octanol–water partition coefficient (Wildman–Crippen LogP) is 5.94. The van der Waals surface area contributed by atoms with Crippen LogP contribution in [0.2, 0.25) is 0 Å². The zero-order valence-electron chi connectivity index (χ0n) is 13.3. The van der Waals surface area contributed by atoms with Crippen LogP contribution in [0.15, 0.2) is 72.0 Å². The Hall–Kier alpha value is -2.17. The standard InChI is InChI=1S/C17H21F3O2/c1-7-13(5)9-10-14(6)21-15(8-2)11-16(12(3)4)22-17(18,19)20/h7-11H,1-2H2,3-6H3. The van der Waals surface area contributed by atoms with Crippen molar-refractivity contribution in [1.82, 2.24) is 0 Å². The minimum absolute atomic E-state index is 0.152. The third-order valence-electron chi connectivity index (χ3n) is 2.37. The average molecular weight is 314 g/mol. The number of alkyl halides is 3. The molecule has 0 aromatic rings. The van der Waals surface area contributed by atoms with Crippen molar-refractivity contribution in [2.45, 2.75) is 34.1 Å². The first-order valence-corrected chi connectivity index (χ1v) is 6.52. The van der Waals surface area contributed by atoms with E-state index in [-0.39, 0.29) is 11.5 Å². The van der Waals surface area contributed by atoms with Gasteiger partial charge in [0.05, 0.1) is 0 Å². The smallest absolute Gasteiger partial charge is 0.462 e. The highest BCUT2D eigenvalue weighted by Gasteiger charge is 2.32. The summed E-state index contributed by atoms with van der Waals surface area (Å²) in [6, 6.07) is 0. The van der Waals surface area contributed by atoms with Gasteiger partial charge in [0, 0.05) is 6.08 Å². The molecule has 0 heterocycles. The fourth-order valence-corrected chi connectivity index (χ4v) is 1.20. The maximum Gasteiger partial charge on any atom is 0.573 e. The first-order valence-electron chi connectivity index (χ1n) is 6.52. The first kappa shape index (κ1) is 19.8. The molecule has 0 aliphatic rings. The molecule has 122 valence electrons. The lowest BCUT2D eigenvalue weighted by molar-refractivity contribution is -0.303. The molecule has 0 aromatic heterocycles. The Balaban J connectivity index is 5.28. The highest BCUT2D eigenvalue weighted by Crippen LogP contribution is 2.24. The highest BCUT2D eigenvalue weighted by atomic mass is 19.4. The molecule has 0 aliphatic heterocycles. The Labute approximate surface area is 129 Å². The van der Waals surface area contributed by atoms with Gasteiger partial charge in [-0.1, -0.05) is 30.9 Å². The molecular weight excluding hydrogens is 293 g/mol. The minimum atomic E-state index is -4.76. The van der Waals surface area contributed by atoms with Gasteiger partial charge < -0.3 is 9.47 Å². The summed E-state index contributed by atoms with van der Waals surface area (Å²) in [4.78, 5) is 0. The first-order chi connectivity index (χ1) is 10.1. The van der Waals surface area contributed by atoms with Gasteiger partial charge in [0.1, 0.15) is 17.3 Å². The quantitative estimate of drug-likeness (QED) is 0.428. The number of hydrogen-bond acceptors (Lipinski definition) is 2. The summed E-state index contributed by atoms with van der Waals surface area (Å²) in [5, 5.41) is 0. The van der Waals surface area contributed by atoms with Crippen molar-refractivity contribution >= 4 is 0 Å². The molecule has 0 spiro atoms. The Bertz CT molecular complexity index is 529. The molecule has 5 heteroatoms. The number of allylic oxidation sites excluding steroid dienone is 8. The second-order valence-corrected chi connectivity index (χ2v) is 4.66. The third-order valence-corrected chi connectivity index (χ3v) is 2.37. The van der Waals surface area contributed by atoms with Crippen molar-refractivity contribution in [1.29, 1.82) is 0 Å². The SMILES string of the molecule is C=CC(C)=CC=C(C)OC(C=C)=CC(OC(F)(F)F)=C(C)C. The second-order valence-electron chi connectivity index (χ2n) is 4.66. The summed E-state index contributed by atoms with van der Waals surface area (Å²) >= 11 is 0. The topological polar surface area (TPSA) is 18.5 Å². The van der Waals surface area contributed by atoms with Crippen LogP contribution in [0, 0.1) is 0 Å². The van der Waals surface area contributed by atoms with Crippen LogP contribution >= 0.6 is 0 Å². The second kappa shape index (κ2) is 8.97. The summed E-state index contributed by atoms with van der Waals surface area (Å²) in [5.74, 6) is 0.319. The molecule has 0 atom stereocenters. The number of hydrogen-bond donors (Lipinski definition) is 0. The van der Waals surface area contributed by atoms with Crippen LogP contribution in [0.1, 0.15) is 27.7 Å². The van der Waals surface area contributed by atoms with E-state index in [1.165, 1.54) is 19.9 Å². The Morgan fingerprint density at radius 3 is 1.95 bits per heavy atom. The fourth-order valence-electron chi connectivity index (χ4n) is 1.20. The monoisotopic (exact) mass is 314 g/mol. The van der Waals surface area contributed by atoms with E-state index in [1.54, 1.807) is 25.2 Å². The van der Waals surface area contributed by atoms with Crippen molar-refractivity contribution < 1.29 is 22.6 Å². The van der Waals surface area contributed by atoms with Crippen LogP contribution in [0.5, 0.6) is 0 Å². The highest BCUT2D eigenvalue weighted by molar-refractivity contribution is 5.27. The Morgan fingerprint density at radius 2 is 1.55 bits per heavy atom. The minimum Gasteiger partial charge on any atom is -0.462 e.